The Balaban J connectivity index is 2.45. The quantitative estimate of drug-likeness (QED) is 0.181. The lowest BCUT2D eigenvalue weighted by Crippen LogP contribution is -2.11. The van der Waals surface area contributed by atoms with Crippen molar-refractivity contribution in [2.24, 2.45) is 0 Å². The summed E-state index contributed by atoms with van der Waals surface area (Å²) in [7, 11) is 0. The van der Waals surface area contributed by atoms with Gasteiger partial charge >= 0.3 is 17.9 Å². The maximum absolute atomic E-state index is 11.9. The van der Waals surface area contributed by atoms with Crippen LogP contribution in [0.5, 0.6) is 0 Å². The van der Waals surface area contributed by atoms with Gasteiger partial charge in [0.05, 0.1) is 0 Å². The van der Waals surface area contributed by atoms with Gasteiger partial charge in [-0.2, -0.15) is 0 Å². The van der Waals surface area contributed by atoms with E-state index in [0.29, 0.717) is 57.8 Å². The van der Waals surface area contributed by atoms with Gasteiger partial charge in [-0.15, -0.1) is 0 Å². The van der Waals surface area contributed by atoms with Gasteiger partial charge in [-0.05, 0) is 57.8 Å². The van der Waals surface area contributed by atoms with Crippen molar-refractivity contribution >= 4 is 35.3 Å². The van der Waals surface area contributed by atoms with E-state index in [1.807, 2.05) is 18.2 Å². The summed E-state index contributed by atoms with van der Waals surface area (Å²) in [5.41, 5.74) is 0. The lowest BCUT2D eigenvalue weighted by atomic mass is 10.1. The molecule has 9 heteroatoms. The van der Waals surface area contributed by atoms with Crippen molar-refractivity contribution in [2.75, 3.05) is 19.8 Å². The van der Waals surface area contributed by atoms with Crippen LogP contribution in [0.2, 0.25) is 0 Å². The van der Waals surface area contributed by atoms with E-state index in [1.54, 1.807) is 18.2 Å². The minimum Gasteiger partial charge on any atom is -0.461 e. The van der Waals surface area contributed by atoms with Gasteiger partial charge in [0.15, 0.2) is 0 Å². The third-order valence-electron chi connectivity index (χ3n) is 5.78. The minimum absolute atomic E-state index is 0.0921. The van der Waals surface area contributed by atoms with Crippen molar-refractivity contribution in [3.05, 3.63) is 36.5 Å². The average Bonchev–Trinajstić information content (AvgIpc) is 2.88. The molecule has 0 atom stereocenters. The Morgan fingerprint density at radius 1 is 0.385 bits per heavy atom. The molecule has 0 saturated carbocycles. The minimum atomic E-state index is -0.556. The molecule has 1 rings (SSSR count). The molecule has 0 amide bonds. The first-order valence-electron chi connectivity index (χ1n) is 13.8. The maximum atomic E-state index is 11.9. The largest absolute Gasteiger partial charge is 0.461 e. The van der Waals surface area contributed by atoms with Crippen LogP contribution in [0.1, 0.15) is 96.3 Å². The van der Waals surface area contributed by atoms with Gasteiger partial charge in [-0.1, -0.05) is 36.5 Å². The van der Waals surface area contributed by atoms with E-state index in [9.17, 15) is 28.8 Å². The summed E-state index contributed by atoms with van der Waals surface area (Å²) in [5.74, 6) is -2.17. The number of ketones is 3. The molecule has 1 aliphatic heterocycles. The summed E-state index contributed by atoms with van der Waals surface area (Å²) in [4.78, 5) is 71.1. The second kappa shape index (κ2) is 22.6. The molecule has 0 aliphatic carbocycles. The molecular weight excluding hydrogens is 504 g/mol. The summed E-state index contributed by atoms with van der Waals surface area (Å²) in [6, 6.07) is 0. The number of Topliss-reactive ketones (excluding diaryl/α,β-unsaturated/α-hetero) is 3. The SMILES string of the molecule is O=C1CCCC/C=C/COC(=O)CC(=O)CCCC/C=C/COC(=O)CC(=O)CCCC/C=C/COC(=O)C1. The first kappa shape index (κ1) is 33.7. The Bertz CT molecular complexity index is 769. The second-order valence-electron chi connectivity index (χ2n) is 9.35. The zero-order valence-electron chi connectivity index (χ0n) is 22.9. The molecule has 1 heterocycles. The van der Waals surface area contributed by atoms with Crippen LogP contribution in [0, 0.1) is 0 Å². The van der Waals surface area contributed by atoms with E-state index < -0.39 is 17.9 Å². The number of esters is 3. The second-order valence-corrected chi connectivity index (χ2v) is 9.35. The van der Waals surface area contributed by atoms with E-state index in [4.69, 9.17) is 14.2 Å². The summed E-state index contributed by atoms with van der Waals surface area (Å²) in [5, 5.41) is 0. The normalized spacial score (nSPS) is 23.1. The maximum Gasteiger partial charge on any atom is 0.313 e. The Labute approximate surface area is 231 Å². The molecule has 1 aliphatic rings. The highest BCUT2D eigenvalue weighted by atomic mass is 16.5. The van der Waals surface area contributed by atoms with Crippen LogP contribution >= 0.6 is 0 Å². The van der Waals surface area contributed by atoms with Gasteiger partial charge in [0.1, 0.15) is 56.4 Å². The first-order chi connectivity index (χ1) is 18.9. The summed E-state index contributed by atoms with van der Waals surface area (Å²) in [6.45, 7) is 0.276. The van der Waals surface area contributed by atoms with E-state index in [-0.39, 0.29) is 56.4 Å². The van der Waals surface area contributed by atoms with Crippen LogP contribution in [-0.2, 0) is 43.0 Å². The molecule has 0 saturated heterocycles. The molecule has 39 heavy (non-hydrogen) atoms. The molecule has 216 valence electrons. The van der Waals surface area contributed by atoms with Crippen molar-refractivity contribution in [1.29, 1.82) is 0 Å². The van der Waals surface area contributed by atoms with E-state index >= 15 is 0 Å². The molecule has 0 unspecified atom stereocenters. The van der Waals surface area contributed by atoms with Crippen molar-refractivity contribution in [3.8, 4) is 0 Å². The Hall–Kier alpha value is -3.36. The van der Waals surface area contributed by atoms with Crippen molar-refractivity contribution < 1.29 is 43.0 Å². The number of rotatable bonds is 0. The summed E-state index contributed by atoms with van der Waals surface area (Å²) >= 11 is 0. The summed E-state index contributed by atoms with van der Waals surface area (Å²) < 4.78 is 15.1. The number of ether oxygens (including phenoxy) is 3. The lowest BCUT2D eigenvalue weighted by molar-refractivity contribution is -0.146. The zero-order valence-corrected chi connectivity index (χ0v) is 22.9. The predicted molar refractivity (Wildman–Crippen MR) is 145 cm³/mol. The van der Waals surface area contributed by atoms with Crippen molar-refractivity contribution in [2.45, 2.75) is 96.3 Å². The van der Waals surface area contributed by atoms with E-state index in [1.165, 1.54) is 0 Å². The van der Waals surface area contributed by atoms with Crippen LogP contribution in [0.4, 0.5) is 0 Å². The fraction of sp³-hybridized carbons (Fsp3) is 0.600. The molecule has 0 fully saturated rings. The molecule has 0 spiro atoms. The number of cyclic esters (lactones) is 3. The fourth-order valence-corrected chi connectivity index (χ4v) is 3.64. The van der Waals surface area contributed by atoms with Gasteiger partial charge in [-0.3, -0.25) is 28.8 Å². The lowest BCUT2D eigenvalue weighted by Gasteiger charge is -2.02. The third kappa shape index (κ3) is 21.3. The van der Waals surface area contributed by atoms with Crippen LogP contribution < -0.4 is 0 Å². The fourth-order valence-electron chi connectivity index (χ4n) is 3.64. The Morgan fingerprint density at radius 2 is 0.667 bits per heavy atom. The summed E-state index contributed by atoms with van der Waals surface area (Å²) in [6.07, 6.45) is 17.2. The van der Waals surface area contributed by atoms with Crippen LogP contribution in [0.15, 0.2) is 36.5 Å². The van der Waals surface area contributed by atoms with Gasteiger partial charge < -0.3 is 14.2 Å². The number of hydrogen-bond donors (Lipinski definition) is 0. The topological polar surface area (TPSA) is 130 Å². The monoisotopic (exact) mass is 546 g/mol. The number of carbonyl (C=O) groups excluding carboxylic acids is 6. The number of carbonyl (C=O) groups is 6. The number of hydrogen-bond acceptors (Lipinski definition) is 9. The average molecular weight is 547 g/mol. The molecule has 0 N–H and O–H groups in total. The highest BCUT2D eigenvalue weighted by molar-refractivity contribution is 5.96. The highest BCUT2D eigenvalue weighted by Crippen LogP contribution is 2.07. The van der Waals surface area contributed by atoms with Crippen molar-refractivity contribution in [1.82, 2.24) is 0 Å². The molecule has 0 aromatic heterocycles. The molecule has 0 aromatic carbocycles. The molecule has 0 aromatic rings. The predicted octanol–water partition coefficient (Wildman–Crippen LogP) is 4.86. The molecular formula is C30H42O9. The van der Waals surface area contributed by atoms with Gasteiger partial charge in [-0.25, -0.2) is 0 Å². The van der Waals surface area contributed by atoms with Crippen LogP contribution in [0.25, 0.3) is 0 Å². The zero-order chi connectivity index (χ0) is 28.6. The van der Waals surface area contributed by atoms with Gasteiger partial charge in [0.2, 0.25) is 0 Å². The molecule has 0 bridgehead atoms. The Kier molecular flexibility index (Phi) is 19.5. The van der Waals surface area contributed by atoms with E-state index in [2.05, 4.69) is 0 Å². The third-order valence-corrected chi connectivity index (χ3v) is 5.78. The molecule has 0 radical (unpaired) electrons. The standard InChI is InChI=1S/C30H42O9/c31-25-16-10-4-1-7-13-19-37-28(34)23-26(32)17-11-5-2-9-15-21-39-30(36)24-27(33)18-12-6-3-8-14-20-38-29(35)22-25/h7-9,13-15H,1-6,10-12,16-24H2/b13-7+,14-8+,15-9+. The smallest absolute Gasteiger partial charge is 0.313 e. The Morgan fingerprint density at radius 3 is 0.949 bits per heavy atom. The first-order valence-corrected chi connectivity index (χ1v) is 13.8. The van der Waals surface area contributed by atoms with Gasteiger partial charge in [0.25, 0.3) is 0 Å². The number of allylic oxidation sites excluding steroid dienone is 3. The van der Waals surface area contributed by atoms with Gasteiger partial charge in [0, 0.05) is 19.3 Å². The molecule has 9 nitrogen and oxygen atoms in total. The highest BCUT2D eigenvalue weighted by Gasteiger charge is 2.12. The van der Waals surface area contributed by atoms with Crippen LogP contribution in [0.3, 0.4) is 0 Å². The van der Waals surface area contributed by atoms with Crippen LogP contribution in [-0.4, -0.2) is 55.1 Å². The van der Waals surface area contributed by atoms with Crippen molar-refractivity contribution in [3.63, 3.8) is 0 Å². The van der Waals surface area contributed by atoms with E-state index in [0.717, 1.165) is 19.3 Å².